The summed E-state index contributed by atoms with van der Waals surface area (Å²) in [4.78, 5) is 9.91. The average molecular weight is 661 g/mol. The third-order valence-corrected chi connectivity index (χ3v) is 11.1. The fourth-order valence-corrected chi connectivity index (χ4v) is 8.84. The first-order valence-corrected chi connectivity index (χ1v) is 17.7. The molecule has 4 heterocycles. The molecule has 0 atom stereocenters. The van der Waals surface area contributed by atoms with Crippen LogP contribution in [0.4, 0.5) is 0 Å². The van der Waals surface area contributed by atoms with Gasteiger partial charge < -0.3 is 4.57 Å². The van der Waals surface area contributed by atoms with Gasteiger partial charge in [-0.1, -0.05) is 103 Å². The van der Waals surface area contributed by atoms with Crippen LogP contribution in [0, 0.1) is 0 Å². The highest BCUT2D eigenvalue weighted by Crippen LogP contribution is 2.46. The number of pyridine rings is 2. The Morgan fingerprint density at radius 1 is 0.404 bits per heavy atom. The van der Waals surface area contributed by atoms with Crippen LogP contribution >= 0.6 is 0 Å². The van der Waals surface area contributed by atoms with Crippen LogP contribution in [0.1, 0.15) is 0 Å². The van der Waals surface area contributed by atoms with E-state index >= 15 is 0 Å². The van der Waals surface area contributed by atoms with Crippen molar-refractivity contribution >= 4 is 65.2 Å². The Labute approximate surface area is 298 Å². The standard InChI is InChI=1S/C48H28N4/c1-2-11-33(12-3-1)51-43-22-18-31(26-40(43)38-20-17-29-9-4-5-13-34(29)48(38)51)30-19-23-44-39(25-30)35-14-6-7-16-42(35)52(44)45-24-21-37-36-15-8-10-32-27-49-28-41(46(32)36)47(37)50-45/h1-28H. The fraction of sp³-hybridized carbons (Fsp3) is 0. The van der Waals surface area contributed by atoms with Gasteiger partial charge in [-0.05, 0) is 76.7 Å². The van der Waals surface area contributed by atoms with Gasteiger partial charge in [0.1, 0.15) is 5.82 Å². The molecule has 0 spiro atoms. The quantitative estimate of drug-likeness (QED) is 0.189. The highest BCUT2D eigenvalue weighted by Gasteiger charge is 2.24. The Morgan fingerprint density at radius 2 is 1.12 bits per heavy atom. The first-order valence-electron chi connectivity index (χ1n) is 17.7. The van der Waals surface area contributed by atoms with Crippen molar-refractivity contribution < 1.29 is 0 Å². The van der Waals surface area contributed by atoms with Crippen molar-refractivity contribution in [2.24, 2.45) is 0 Å². The summed E-state index contributed by atoms with van der Waals surface area (Å²) in [7, 11) is 0. The van der Waals surface area contributed by atoms with E-state index in [1.165, 1.54) is 65.4 Å². The average Bonchev–Trinajstić information content (AvgIpc) is 3.84. The molecule has 0 fully saturated rings. The summed E-state index contributed by atoms with van der Waals surface area (Å²) < 4.78 is 4.74. The molecule has 0 saturated carbocycles. The topological polar surface area (TPSA) is 35.6 Å². The highest BCUT2D eigenvalue weighted by atomic mass is 15.1. The van der Waals surface area contributed by atoms with Crippen LogP contribution in [0.25, 0.3) is 110 Å². The van der Waals surface area contributed by atoms with E-state index in [0.717, 1.165) is 44.7 Å². The molecular weight excluding hydrogens is 633 g/mol. The lowest BCUT2D eigenvalue weighted by molar-refractivity contribution is 1.09. The third-order valence-electron chi connectivity index (χ3n) is 11.1. The molecule has 0 saturated heterocycles. The first-order chi connectivity index (χ1) is 25.8. The molecular formula is C48H28N4. The van der Waals surface area contributed by atoms with Crippen molar-refractivity contribution in [3.63, 3.8) is 0 Å². The van der Waals surface area contributed by atoms with Crippen molar-refractivity contribution in [3.05, 3.63) is 170 Å². The van der Waals surface area contributed by atoms with E-state index in [1.54, 1.807) is 0 Å². The summed E-state index contributed by atoms with van der Waals surface area (Å²) in [6.07, 6.45) is 3.91. The Bertz CT molecular complexity index is 3290. The molecule has 4 nitrogen and oxygen atoms in total. The lowest BCUT2D eigenvalue weighted by Crippen LogP contribution is -1.98. The SMILES string of the molecule is c1ccc(-n2c3ccc(-c4ccc5c(c4)c4ccccc4n5-c4ccc5c(n4)-c4cncc6cccc-5c46)cc3c3ccc4ccccc4c32)cc1. The Balaban J connectivity index is 1.06. The minimum Gasteiger partial charge on any atom is -0.309 e. The van der Waals surface area contributed by atoms with Crippen molar-refractivity contribution in [1.82, 2.24) is 19.1 Å². The van der Waals surface area contributed by atoms with Crippen LogP contribution < -0.4 is 0 Å². The maximum Gasteiger partial charge on any atom is 0.138 e. The monoisotopic (exact) mass is 660 g/mol. The van der Waals surface area contributed by atoms with Crippen molar-refractivity contribution in [2.75, 3.05) is 0 Å². The van der Waals surface area contributed by atoms with E-state index in [0.29, 0.717) is 0 Å². The van der Waals surface area contributed by atoms with Gasteiger partial charge in [-0.25, -0.2) is 4.98 Å². The second-order valence-corrected chi connectivity index (χ2v) is 13.8. The largest absolute Gasteiger partial charge is 0.309 e. The van der Waals surface area contributed by atoms with Gasteiger partial charge in [-0.2, -0.15) is 0 Å². The summed E-state index contributed by atoms with van der Waals surface area (Å²) in [5, 5.41) is 9.81. The lowest BCUT2D eigenvalue weighted by atomic mass is 10.00. The molecule has 1 aliphatic rings. The maximum absolute atomic E-state index is 5.35. The predicted octanol–water partition coefficient (Wildman–Crippen LogP) is 12.3. The van der Waals surface area contributed by atoms with E-state index in [9.17, 15) is 0 Å². The molecule has 12 rings (SSSR count). The van der Waals surface area contributed by atoms with E-state index < -0.39 is 0 Å². The number of para-hydroxylation sites is 2. The Hall–Kier alpha value is -7.04. The molecule has 0 N–H and O–H groups in total. The van der Waals surface area contributed by atoms with Gasteiger partial charge in [0.25, 0.3) is 0 Å². The van der Waals surface area contributed by atoms with Gasteiger partial charge in [-0.3, -0.25) is 9.55 Å². The zero-order chi connectivity index (χ0) is 33.9. The molecule has 7 aromatic carbocycles. The third kappa shape index (κ3) is 3.70. The van der Waals surface area contributed by atoms with Crippen LogP contribution in [0.15, 0.2) is 170 Å². The minimum absolute atomic E-state index is 0.907. The molecule has 0 aliphatic heterocycles. The molecule has 11 aromatic rings. The summed E-state index contributed by atoms with van der Waals surface area (Å²) in [6.45, 7) is 0. The van der Waals surface area contributed by atoms with Crippen LogP contribution in [0.5, 0.6) is 0 Å². The number of hydrogen-bond acceptors (Lipinski definition) is 2. The van der Waals surface area contributed by atoms with Gasteiger partial charge in [0, 0.05) is 66.9 Å². The zero-order valence-corrected chi connectivity index (χ0v) is 28.0. The summed E-state index contributed by atoms with van der Waals surface area (Å²) >= 11 is 0. The minimum atomic E-state index is 0.907. The number of rotatable bonds is 3. The molecule has 4 heteroatoms. The normalized spacial score (nSPS) is 12.2. The second kappa shape index (κ2) is 10.3. The summed E-state index contributed by atoms with van der Waals surface area (Å²) in [5.74, 6) is 0.907. The van der Waals surface area contributed by atoms with Crippen molar-refractivity contribution in [3.8, 4) is 45.0 Å². The molecule has 1 aliphatic carbocycles. The molecule has 0 unspecified atom stereocenters. The summed E-state index contributed by atoms with van der Waals surface area (Å²) in [5.41, 5.74) is 12.8. The fourth-order valence-electron chi connectivity index (χ4n) is 8.84. The van der Waals surface area contributed by atoms with Crippen molar-refractivity contribution in [1.29, 1.82) is 0 Å². The lowest BCUT2D eigenvalue weighted by Gasteiger charge is -2.10. The van der Waals surface area contributed by atoms with E-state index in [-0.39, 0.29) is 0 Å². The predicted molar refractivity (Wildman–Crippen MR) is 216 cm³/mol. The first kappa shape index (κ1) is 27.7. The van der Waals surface area contributed by atoms with Gasteiger partial charge in [0.2, 0.25) is 0 Å². The van der Waals surface area contributed by atoms with Crippen LogP contribution in [0.3, 0.4) is 0 Å². The number of aromatic nitrogens is 4. The number of benzene rings is 7. The van der Waals surface area contributed by atoms with Gasteiger partial charge in [-0.15, -0.1) is 0 Å². The number of fused-ring (bicyclic) bond motifs is 11. The Morgan fingerprint density at radius 3 is 1.98 bits per heavy atom. The molecule has 0 bridgehead atoms. The Kier molecular flexibility index (Phi) is 5.47. The second-order valence-electron chi connectivity index (χ2n) is 13.8. The summed E-state index contributed by atoms with van der Waals surface area (Å²) in [6, 6.07) is 57.3. The number of nitrogens with zero attached hydrogens (tertiary/aromatic N) is 4. The van der Waals surface area contributed by atoms with Crippen LogP contribution in [-0.4, -0.2) is 19.1 Å². The molecule has 0 amide bonds. The van der Waals surface area contributed by atoms with Gasteiger partial charge in [0.05, 0.1) is 27.8 Å². The van der Waals surface area contributed by atoms with E-state index in [2.05, 4.69) is 172 Å². The molecule has 52 heavy (non-hydrogen) atoms. The highest BCUT2D eigenvalue weighted by molar-refractivity contribution is 6.19. The maximum atomic E-state index is 5.35. The molecule has 0 radical (unpaired) electrons. The van der Waals surface area contributed by atoms with E-state index in [1.807, 2.05) is 12.4 Å². The number of hydrogen-bond donors (Lipinski definition) is 0. The van der Waals surface area contributed by atoms with Crippen LogP contribution in [-0.2, 0) is 0 Å². The molecule has 4 aromatic heterocycles. The van der Waals surface area contributed by atoms with Crippen molar-refractivity contribution in [2.45, 2.75) is 0 Å². The smallest absolute Gasteiger partial charge is 0.138 e. The van der Waals surface area contributed by atoms with Gasteiger partial charge >= 0.3 is 0 Å². The van der Waals surface area contributed by atoms with Gasteiger partial charge in [0.15, 0.2) is 0 Å². The van der Waals surface area contributed by atoms with Crippen LogP contribution in [0.2, 0.25) is 0 Å². The van der Waals surface area contributed by atoms with E-state index in [4.69, 9.17) is 4.98 Å². The molecule has 240 valence electrons. The zero-order valence-electron chi connectivity index (χ0n) is 28.0.